The lowest BCUT2D eigenvalue weighted by atomic mass is 9.84. The first kappa shape index (κ1) is 13.7. The SMILES string of the molecule is CCOC1=CC(=C=O)C(C(CN)C(=O)Cl)C=C1. The molecule has 2 unspecified atom stereocenters. The normalized spacial score (nSPS) is 20.5. The molecular formula is C12H14ClNO3. The second-order valence-corrected chi connectivity index (χ2v) is 3.94. The fourth-order valence-electron chi connectivity index (χ4n) is 1.69. The van der Waals surface area contributed by atoms with Crippen molar-refractivity contribution >= 4 is 22.8 Å². The van der Waals surface area contributed by atoms with Gasteiger partial charge in [-0.15, -0.1) is 0 Å². The molecule has 1 aliphatic rings. The first-order valence-corrected chi connectivity index (χ1v) is 5.68. The maximum atomic E-state index is 11.2. The van der Waals surface area contributed by atoms with Gasteiger partial charge in [-0.25, -0.2) is 4.79 Å². The number of hydrogen-bond donors (Lipinski definition) is 1. The van der Waals surface area contributed by atoms with Crippen molar-refractivity contribution in [3.8, 4) is 0 Å². The summed E-state index contributed by atoms with van der Waals surface area (Å²) in [6, 6.07) is 0. The molecule has 0 spiro atoms. The van der Waals surface area contributed by atoms with Crippen molar-refractivity contribution in [2.24, 2.45) is 17.6 Å². The van der Waals surface area contributed by atoms with E-state index in [-0.39, 0.29) is 6.54 Å². The van der Waals surface area contributed by atoms with Gasteiger partial charge < -0.3 is 10.5 Å². The highest BCUT2D eigenvalue weighted by molar-refractivity contribution is 6.64. The molecule has 1 rings (SSSR count). The molecule has 5 heteroatoms. The van der Waals surface area contributed by atoms with Crippen LogP contribution in [0.25, 0.3) is 0 Å². The van der Waals surface area contributed by atoms with Crippen molar-refractivity contribution in [1.29, 1.82) is 0 Å². The number of allylic oxidation sites excluding steroid dienone is 4. The highest BCUT2D eigenvalue weighted by Crippen LogP contribution is 2.28. The molecule has 0 aromatic rings. The summed E-state index contributed by atoms with van der Waals surface area (Å²) in [4.78, 5) is 22.1. The largest absolute Gasteiger partial charge is 0.494 e. The van der Waals surface area contributed by atoms with E-state index in [0.717, 1.165) is 0 Å². The van der Waals surface area contributed by atoms with Gasteiger partial charge in [0.2, 0.25) is 5.24 Å². The molecule has 0 aliphatic heterocycles. The Kier molecular flexibility index (Phi) is 5.16. The summed E-state index contributed by atoms with van der Waals surface area (Å²) in [7, 11) is 0. The van der Waals surface area contributed by atoms with Crippen LogP contribution >= 0.6 is 11.6 Å². The van der Waals surface area contributed by atoms with Gasteiger partial charge in [0.15, 0.2) is 0 Å². The number of hydrogen-bond acceptors (Lipinski definition) is 4. The van der Waals surface area contributed by atoms with Crippen LogP contribution in [0.2, 0.25) is 0 Å². The molecule has 0 amide bonds. The van der Waals surface area contributed by atoms with Crippen molar-refractivity contribution in [3.05, 3.63) is 29.6 Å². The predicted molar refractivity (Wildman–Crippen MR) is 64.9 cm³/mol. The van der Waals surface area contributed by atoms with Crippen LogP contribution in [0.1, 0.15) is 6.92 Å². The van der Waals surface area contributed by atoms with E-state index in [1.165, 1.54) is 0 Å². The third-order valence-electron chi connectivity index (χ3n) is 2.53. The Bertz CT molecular complexity index is 408. The Balaban J connectivity index is 2.96. The van der Waals surface area contributed by atoms with Crippen LogP contribution in [-0.4, -0.2) is 24.3 Å². The molecule has 0 saturated carbocycles. The smallest absolute Gasteiger partial charge is 0.226 e. The minimum Gasteiger partial charge on any atom is -0.494 e. The average molecular weight is 256 g/mol. The van der Waals surface area contributed by atoms with E-state index >= 15 is 0 Å². The molecule has 17 heavy (non-hydrogen) atoms. The first-order chi connectivity index (χ1) is 8.13. The Morgan fingerprint density at radius 3 is 2.88 bits per heavy atom. The highest BCUT2D eigenvalue weighted by Gasteiger charge is 2.29. The highest BCUT2D eigenvalue weighted by atomic mass is 35.5. The van der Waals surface area contributed by atoms with Crippen LogP contribution in [0.15, 0.2) is 29.6 Å². The lowest BCUT2D eigenvalue weighted by Gasteiger charge is -2.22. The summed E-state index contributed by atoms with van der Waals surface area (Å²) in [6.07, 6.45) is 4.96. The number of nitrogens with two attached hydrogens (primary N) is 1. The first-order valence-electron chi connectivity index (χ1n) is 5.31. The Hall–Kier alpha value is -1.35. The summed E-state index contributed by atoms with van der Waals surface area (Å²) in [5.41, 5.74) is 5.81. The van der Waals surface area contributed by atoms with E-state index in [1.807, 2.05) is 6.92 Å². The predicted octanol–water partition coefficient (Wildman–Crippen LogP) is 1.19. The molecule has 0 fully saturated rings. The fourth-order valence-corrected chi connectivity index (χ4v) is 1.91. The van der Waals surface area contributed by atoms with Crippen molar-refractivity contribution < 1.29 is 14.3 Å². The molecule has 4 nitrogen and oxygen atoms in total. The van der Waals surface area contributed by atoms with E-state index in [9.17, 15) is 9.59 Å². The number of ether oxygens (including phenoxy) is 1. The van der Waals surface area contributed by atoms with Crippen LogP contribution < -0.4 is 5.73 Å². The van der Waals surface area contributed by atoms with Gasteiger partial charge in [-0.2, -0.15) is 0 Å². The molecular weight excluding hydrogens is 242 g/mol. The number of rotatable bonds is 5. The van der Waals surface area contributed by atoms with Crippen LogP contribution in [0.3, 0.4) is 0 Å². The van der Waals surface area contributed by atoms with Gasteiger partial charge in [-0.05, 0) is 30.7 Å². The molecule has 2 atom stereocenters. The van der Waals surface area contributed by atoms with Gasteiger partial charge in [-0.1, -0.05) is 6.08 Å². The van der Waals surface area contributed by atoms with Gasteiger partial charge in [0.1, 0.15) is 11.7 Å². The van der Waals surface area contributed by atoms with E-state index in [0.29, 0.717) is 17.9 Å². The van der Waals surface area contributed by atoms with Crippen molar-refractivity contribution in [2.45, 2.75) is 6.92 Å². The summed E-state index contributed by atoms with van der Waals surface area (Å²) in [6.45, 7) is 2.43. The maximum Gasteiger partial charge on any atom is 0.226 e. The molecule has 1 aliphatic carbocycles. The van der Waals surface area contributed by atoms with E-state index in [4.69, 9.17) is 22.1 Å². The van der Waals surface area contributed by atoms with Crippen LogP contribution in [0.5, 0.6) is 0 Å². The van der Waals surface area contributed by atoms with Crippen LogP contribution in [-0.2, 0) is 14.3 Å². The third-order valence-corrected chi connectivity index (χ3v) is 2.81. The van der Waals surface area contributed by atoms with E-state index in [1.54, 1.807) is 24.2 Å². The Morgan fingerprint density at radius 2 is 2.41 bits per heavy atom. The second-order valence-electron chi connectivity index (χ2n) is 3.57. The van der Waals surface area contributed by atoms with Crippen LogP contribution in [0.4, 0.5) is 0 Å². The van der Waals surface area contributed by atoms with Gasteiger partial charge in [0.05, 0.1) is 12.5 Å². The topological polar surface area (TPSA) is 69.4 Å². The van der Waals surface area contributed by atoms with Gasteiger partial charge in [0.25, 0.3) is 0 Å². The summed E-state index contributed by atoms with van der Waals surface area (Å²) in [5, 5.41) is -0.553. The molecule has 0 heterocycles. The van der Waals surface area contributed by atoms with Crippen molar-refractivity contribution in [1.82, 2.24) is 0 Å². The summed E-state index contributed by atoms with van der Waals surface area (Å²) < 4.78 is 5.26. The quantitative estimate of drug-likeness (QED) is 0.592. The number of carbonyl (C=O) groups is 1. The standard InChI is InChI=1S/C12H14ClNO3/c1-2-17-9-3-4-10(8(5-9)7-15)11(6-14)12(13)16/h3-5,10-11H,2,6,14H2,1H3. The molecule has 0 bridgehead atoms. The Labute approximate surface area is 105 Å². The van der Waals surface area contributed by atoms with Gasteiger partial charge in [-0.3, -0.25) is 4.79 Å². The second kappa shape index (κ2) is 6.40. The van der Waals surface area contributed by atoms with Gasteiger partial charge in [0, 0.05) is 18.0 Å². The fraction of sp³-hybridized carbons (Fsp3) is 0.417. The molecule has 0 radical (unpaired) electrons. The zero-order valence-electron chi connectivity index (χ0n) is 9.48. The Morgan fingerprint density at radius 1 is 1.71 bits per heavy atom. The molecule has 0 aromatic carbocycles. The minimum absolute atomic E-state index is 0.0837. The molecule has 2 N–H and O–H groups in total. The third kappa shape index (κ3) is 3.30. The van der Waals surface area contributed by atoms with Crippen LogP contribution in [0, 0.1) is 11.8 Å². The monoisotopic (exact) mass is 255 g/mol. The molecule has 92 valence electrons. The minimum atomic E-state index is -0.608. The van der Waals surface area contributed by atoms with Gasteiger partial charge >= 0.3 is 0 Å². The summed E-state index contributed by atoms with van der Waals surface area (Å²) >= 11 is 5.45. The van der Waals surface area contributed by atoms with Crippen molar-refractivity contribution in [2.75, 3.05) is 13.2 Å². The van der Waals surface area contributed by atoms with E-state index in [2.05, 4.69) is 0 Å². The average Bonchev–Trinajstić information content (AvgIpc) is 2.31. The number of halogens is 1. The zero-order valence-corrected chi connectivity index (χ0v) is 10.2. The van der Waals surface area contributed by atoms with E-state index < -0.39 is 17.1 Å². The number of carbonyl (C=O) groups excluding carboxylic acids is 2. The van der Waals surface area contributed by atoms with Crippen molar-refractivity contribution in [3.63, 3.8) is 0 Å². The lowest BCUT2D eigenvalue weighted by molar-refractivity contribution is -0.115. The summed E-state index contributed by atoms with van der Waals surface area (Å²) in [5.74, 6) is 1.34. The maximum absolute atomic E-state index is 11.2. The molecule has 0 aromatic heterocycles. The lowest BCUT2D eigenvalue weighted by Crippen LogP contribution is -2.29. The zero-order chi connectivity index (χ0) is 12.8. The molecule has 0 saturated heterocycles.